The summed E-state index contributed by atoms with van der Waals surface area (Å²) in [5.74, 6) is -1.32. The van der Waals surface area contributed by atoms with Crippen LogP contribution in [0.25, 0.3) is 0 Å². The Kier molecular flexibility index (Phi) is 7.47. The molecule has 0 aliphatic carbocycles. The van der Waals surface area contributed by atoms with Crippen molar-refractivity contribution in [2.24, 2.45) is 11.8 Å². The first-order valence-corrected chi connectivity index (χ1v) is 7.95. The van der Waals surface area contributed by atoms with Crippen LogP contribution in [0.5, 0.6) is 0 Å². The van der Waals surface area contributed by atoms with Crippen molar-refractivity contribution < 1.29 is 18.3 Å². The highest BCUT2D eigenvalue weighted by molar-refractivity contribution is 7.89. The maximum atomic E-state index is 11.9. The molecule has 0 aromatic carbocycles. The van der Waals surface area contributed by atoms with Gasteiger partial charge in [-0.3, -0.25) is 4.79 Å². The van der Waals surface area contributed by atoms with Crippen molar-refractivity contribution >= 4 is 16.0 Å². The predicted octanol–water partition coefficient (Wildman–Crippen LogP) is 1.79. The van der Waals surface area contributed by atoms with Gasteiger partial charge >= 0.3 is 5.97 Å². The van der Waals surface area contributed by atoms with E-state index < -0.39 is 21.7 Å². The molecule has 0 atom stereocenters. The topological polar surface area (TPSA) is 74.7 Å². The van der Waals surface area contributed by atoms with Crippen LogP contribution in [0.2, 0.25) is 0 Å². The van der Waals surface area contributed by atoms with Crippen molar-refractivity contribution in [1.82, 2.24) is 4.31 Å². The molecule has 6 heteroatoms. The number of carbonyl (C=O) groups is 1. The monoisotopic (exact) mass is 279 g/mol. The van der Waals surface area contributed by atoms with Crippen LogP contribution in [0.3, 0.4) is 0 Å². The summed E-state index contributed by atoms with van der Waals surface area (Å²) < 4.78 is 25.1. The third-order valence-corrected chi connectivity index (χ3v) is 4.37. The van der Waals surface area contributed by atoms with Crippen LogP contribution in [0.4, 0.5) is 0 Å². The summed E-state index contributed by atoms with van der Waals surface area (Å²) in [4.78, 5) is 10.6. The zero-order chi connectivity index (χ0) is 14.3. The van der Waals surface area contributed by atoms with E-state index in [4.69, 9.17) is 5.11 Å². The molecule has 0 fully saturated rings. The smallest absolute Gasteiger partial charge is 0.320 e. The number of rotatable bonds is 9. The molecule has 0 saturated heterocycles. The average molecular weight is 279 g/mol. The van der Waals surface area contributed by atoms with Crippen molar-refractivity contribution in [3.05, 3.63) is 0 Å². The lowest BCUT2D eigenvalue weighted by Gasteiger charge is -2.23. The largest absolute Gasteiger partial charge is 0.480 e. The Morgan fingerprint density at radius 3 is 1.72 bits per heavy atom. The average Bonchev–Trinajstić information content (AvgIpc) is 2.13. The fraction of sp³-hybridized carbons (Fsp3) is 0.917. The first-order valence-electron chi connectivity index (χ1n) is 6.34. The summed E-state index contributed by atoms with van der Waals surface area (Å²) in [6.45, 7) is 8.88. The second kappa shape index (κ2) is 7.74. The van der Waals surface area contributed by atoms with Gasteiger partial charge in [0.2, 0.25) is 10.0 Å². The second-order valence-electron chi connectivity index (χ2n) is 5.41. The predicted molar refractivity (Wildman–Crippen MR) is 71.9 cm³/mol. The lowest BCUT2D eigenvalue weighted by atomic mass is 10.1. The van der Waals surface area contributed by atoms with Crippen LogP contribution >= 0.6 is 0 Å². The van der Waals surface area contributed by atoms with E-state index in [9.17, 15) is 13.2 Å². The molecule has 0 bridgehead atoms. The molecule has 0 rings (SSSR count). The second-order valence-corrected chi connectivity index (χ2v) is 7.38. The van der Waals surface area contributed by atoms with Crippen LogP contribution in [0.15, 0.2) is 0 Å². The molecular formula is C12H25NO4S. The number of carboxylic acid groups (broad SMARTS) is 1. The molecule has 0 heterocycles. The van der Waals surface area contributed by atoms with Gasteiger partial charge in [0.15, 0.2) is 5.75 Å². The highest BCUT2D eigenvalue weighted by Crippen LogP contribution is 2.11. The number of sulfonamides is 1. The Bertz CT molecular complexity index is 337. The van der Waals surface area contributed by atoms with E-state index in [1.54, 1.807) is 0 Å². The molecule has 1 N–H and O–H groups in total. The zero-order valence-corrected chi connectivity index (χ0v) is 12.5. The first-order chi connectivity index (χ1) is 8.15. The van der Waals surface area contributed by atoms with E-state index in [-0.39, 0.29) is 0 Å². The van der Waals surface area contributed by atoms with E-state index in [1.807, 2.05) is 27.7 Å². The van der Waals surface area contributed by atoms with Gasteiger partial charge in [0, 0.05) is 13.1 Å². The minimum absolute atomic E-state index is 0.395. The third kappa shape index (κ3) is 7.66. The minimum Gasteiger partial charge on any atom is -0.480 e. The molecule has 0 amide bonds. The Morgan fingerprint density at radius 1 is 1.06 bits per heavy atom. The van der Waals surface area contributed by atoms with Crippen LogP contribution in [-0.4, -0.2) is 42.6 Å². The van der Waals surface area contributed by atoms with Crippen molar-refractivity contribution in [2.45, 2.75) is 40.5 Å². The molecule has 0 spiro atoms. The summed E-state index contributed by atoms with van der Waals surface area (Å²) in [6, 6.07) is 0. The molecule has 0 radical (unpaired) electrons. The highest BCUT2D eigenvalue weighted by atomic mass is 32.2. The highest BCUT2D eigenvalue weighted by Gasteiger charge is 2.24. The molecule has 0 saturated carbocycles. The van der Waals surface area contributed by atoms with Gasteiger partial charge in [-0.1, -0.05) is 27.7 Å². The van der Waals surface area contributed by atoms with Gasteiger partial charge < -0.3 is 5.11 Å². The van der Waals surface area contributed by atoms with Crippen LogP contribution < -0.4 is 0 Å². The number of aliphatic carboxylic acids is 1. The van der Waals surface area contributed by atoms with Crippen LogP contribution in [0.1, 0.15) is 40.5 Å². The third-order valence-electron chi connectivity index (χ3n) is 2.61. The number of nitrogens with zero attached hydrogens (tertiary/aromatic N) is 1. The van der Waals surface area contributed by atoms with Crippen LogP contribution in [-0.2, 0) is 14.8 Å². The fourth-order valence-corrected chi connectivity index (χ4v) is 2.70. The lowest BCUT2D eigenvalue weighted by Crippen LogP contribution is -2.37. The number of carboxylic acids is 1. The Hall–Kier alpha value is -0.620. The van der Waals surface area contributed by atoms with Gasteiger partial charge in [0.25, 0.3) is 0 Å². The van der Waals surface area contributed by atoms with Crippen molar-refractivity contribution in [3.63, 3.8) is 0 Å². The molecule has 0 aromatic heterocycles. The molecule has 0 aliphatic heterocycles. The quantitative estimate of drug-likeness (QED) is 0.698. The summed E-state index contributed by atoms with van der Waals surface area (Å²) in [6.07, 6.45) is 1.49. The Morgan fingerprint density at radius 2 is 1.44 bits per heavy atom. The van der Waals surface area contributed by atoms with Gasteiger partial charge in [-0.25, -0.2) is 12.7 Å². The van der Waals surface area contributed by atoms with Crippen LogP contribution in [0, 0.1) is 11.8 Å². The van der Waals surface area contributed by atoms with Gasteiger partial charge in [-0.05, 0) is 24.7 Å². The normalized spacial score (nSPS) is 12.6. The Balaban J connectivity index is 4.67. The summed E-state index contributed by atoms with van der Waals surface area (Å²) in [7, 11) is -3.68. The van der Waals surface area contributed by atoms with E-state index in [1.165, 1.54) is 4.31 Å². The van der Waals surface area contributed by atoms with E-state index in [0.717, 1.165) is 12.8 Å². The molecule has 5 nitrogen and oxygen atoms in total. The Labute approximate surface area is 110 Å². The van der Waals surface area contributed by atoms with Crippen molar-refractivity contribution in [3.8, 4) is 0 Å². The molecule has 108 valence electrons. The van der Waals surface area contributed by atoms with Gasteiger partial charge in [0.1, 0.15) is 0 Å². The lowest BCUT2D eigenvalue weighted by molar-refractivity contribution is -0.134. The van der Waals surface area contributed by atoms with Gasteiger partial charge in [-0.2, -0.15) is 0 Å². The van der Waals surface area contributed by atoms with Gasteiger partial charge in [0.05, 0.1) is 0 Å². The summed E-state index contributed by atoms with van der Waals surface area (Å²) >= 11 is 0. The van der Waals surface area contributed by atoms with E-state index in [2.05, 4.69) is 0 Å². The number of hydrogen-bond donors (Lipinski definition) is 1. The summed E-state index contributed by atoms with van der Waals surface area (Å²) in [5.41, 5.74) is 0. The number of hydrogen-bond acceptors (Lipinski definition) is 3. The molecule has 0 aromatic rings. The standard InChI is InChI=1S/C12H25NO4S/c1-10(2)5-7-13(8-6-11(3)4)18(16,17)9-12(14)15/h10-11H,5-9H2,1-4H3,(H,14,15). The van der Waals surface area contributed by atoms with E-state index in [0.29, 0.717) is 24.9 Å². The minimum atomic E-state index is -3.68. The first kappa shape index (κ1) is 17.4. The molecule has 0 aliphatic rings. The maximum absolute atomic E-state index is 11.9. The zero-order valence-electron chi connectivity index (χ0n) is 11.7. The SMILES string of the molecule is CC(C)CCN(CCC(C)C)S(=O)(=O)CC(=O)O. The van der Waals surface area contributed by atoms with Gasteiger partial charge in [-0.15, -0.1) is 0 Å². The molecule has 0 unspecified atom stereocenters. The van der Waals surface area contributed by atoms with Crippen molar-refractivity contribution in [2.75, 3.05) is 18.8 Å². The maximum Gasteiger partial charge on any atom is 0.320 e. The van der Waals surface area contributed by atoms with Crippen molar-refractivity contribution in [1.29, 1.82) is 0 Å². The van der Waals surface area contributed by atoms with E-state index >= 15 is 0 Å². The summed E-state index contributed by atoms with van der Waals surface area (Å²) in [5, 5.41) is 8.65. The molecule has 18 heavy (non-hydrogen) atoms. The molecular weight excluding hydrogens is 254 g/mol. The fourth-order valence-electron chi connectivity index (χ4n) is 1.44.